The fraction of sp³-hybridized carbons (Fsp3) is 0.167. The van der Waals surface area contributed by atoms with E-state index in [2.05, 4.69) is 20.6 Å². The van der Waals surface area contributed by atoms with Crippen LogP contribution in [-0.4, -0.2) is 33.0 Å². The van der Waals surface area contributed by atoms with Crippen molar-refractivity contribution in [2.75, 3.05) is 12.4 Å². The van der Waals surface area contributed by atoms with Gasteiger partial charge in [-0.2, -0.15) is 4.68 Å². The Balaban J connectivity index is 1.61. The van der Waals surface area contributed by atoms with Crippen LogP contribution in [0.3, 0.4) is 0 Å². The van der Waals surface area contributed by atoms with Gasteiger partial charge in [0.05, 0.1) is 22.7 Å². The molecule has 0 aliphatic carbocycles. The van der Waals surface area contributed by atoms with E-state index < -0.39 is 11.9 Å². The first-order chi connectivity index (χ1) is 13.1. The van der Waals surface area contributed by atoms with Crippen LogP contribution in [0.5, 0.6) is 5.75 Å². The fourth-order valence-corrected chi connectivity index (χ4v) is 3.56. The van der Waals surface area contributed by atoms with Crippen LogP contribution >= 0.6 is 11.3 Å². The van der Waals surface area contributed by atoms with Gasteiger partial charge in [-0.3, -0.25) is 9.59 Å². The number of hydrogen-bond donors (Lipinski definition) is 1. The van der Waals surface area contributed by atoms with E-state index in [1.807, 2.05) is 12.1 Å². The Morgan fingerprint density at radius 2 is 2.04 bits per heavy atom. The molecule has 2 heterocycles. The smallest absolute Gasteiger partial charge is 0.278 e. The molecule has 2 aromatic heterocycles. The van der Waals surface area contributed by atoms with Gasteiger partial charge in [-0.15, -0.1) is 5.10 Å². The number of anilines is 1. The van der Waals surface area contributed by atoms with Crippen molar-refractivity contribution in [2.45, 2.75) is 13.0 Å². The predicted octanol–water partition coefficient (Wildman–Crippen LogP) is 2.61. The van der Waals surface area contributed by atoms with E-state index in [-0.39, 0.29) is 5.56 Å². The van der Waals surface area contributed by atoms with E-state index in [4.69, 9.17) is 4.74 Å². The van der Waals surface area contributed by atoms with Crippen LogP contribution in [0.4, 0.5) is 5.13 Å². The van der Waals surface area contributed by atoms with E-state index in [1.54, 1.807) is 44.4 Å². The summed E-state index contributed by atoms with van der Waals surface area (Å²) in [5, 5.41) is 11.5. The van der Waals surface area contributed by atoms with E-state index in [0.717, 1.165) is 20.6 Å². The zero-order valence-corrected chi connectivity index (χ0v) is 15.4. The molecule has 0 spiro atoms. The molecule has 8 nitrogen and oxygen atoms in total. The summed E-state index contributed by atoms with van der Waals surface area (Å²) in [5.74, 6) is 0.322. The molecule has 2 aromatic carbocycles. The molecule has 4 rings (SSSR count). The minimum Gasteiger partial charge on any atom is -0.497 e. The number of carbonyl (C=O) groups is 1. The minimum absolute atomic E-state index is 0.364. The van der Waals surface area contributed by atoms with Gasteiger partial charge in [-0.05, 0) is 37.3 Å². The number of ether oxygens (including phenoxy) is 1. The van der Waals surface area contributed by atoms with Crippen molar-refractivity contribution in [3.8, 4) is 5.75 Å². The number of aromatic nitrogens is 4. The number of hydrogen-bond acceptors (Lipinski definition) is 7. The Labute approximate surface area is 157 Å². The second kappa shape index (κ2) is 6.76. The Kier molecular flexibility index (Phi) is 4.28. The SMILES string of the molecule is COc1ccc2nc(NC(=O)[C@H](C)n3nnc4ccccc4c3=O)sc2c1. The largest absolute Gasteiger partial charge is 0.497 e. The normalized spacial score (nSPS) is 12.2. The van der Waals surface area contributed by atoms with Crippen LogP contribution in [0.25, 0.3) is 21.1 Å². The number of carbonyl (C=O) groups excluding carboxylic acids is 1. The highest BCUT2D eigenvalue weighted by atomic mass is 32.1. The monoisotopic (exact) mass is 381 g/mol. The molecule has 0 aliphatic rings. The van der Waals surface area contributed by atoms with Crippen LogP contribution < -0.4 is 15.6 Å². The van der Waals surface area contributed by atoms with E-state index in [1.165, 1.54) is 11.3 Å². The summed E-state index contributed by atoms with van der Waals surface area (Å²) in [7, 11) is 1.59. The molecule has 0 radical (unpaired) electrons. The average Bonchev–Trinajstić information content (AvgIpc) is 3.09. The van der Waals surface area contributed by atoms with E-state index in [0.29, 0.717) is 16.0 Å². The third-order valence-electron chi connectivity index (χ3n) is 4.16. The molecular weight excluding hydrogens is 366 g/mol. The lowest BCUT2D eigenvalue weighted by Gasteiger charge is -2.12. The quantitative estimate of drug-likeness (QED) is 0.583. The maximum atomic E-state index is 12.6. The Morgan fingerprint density at radius 1 is 1.22 bits per heavy atom. The van der Waals surface area contributed by atoms with Gasteiger partial charge < -0.3 is 10.1 Å². The third-order valence-corrected chi connectivity index (χ3v) is 5.10. The fourth-order valence-electron chi connectivity index (χ4n) is 2.66. The standard InChI is InChI=1S/C18H15N5O3S/c1-10(23-17(25)12-5-3-4-6-13(12)21-22-23)16(24)20-18-19-14-8-7-11(26-2)9-15(14)27-18/h3-10H,1-2H3,(H,19,20,24)/t10-/m0/s1. The molecule has 1 N–H and O–H groups in total. The van der Waals surface area contributed by atoms with Gasteiger partial charge in [0.15, 0.2) is 5.13 Å². The lowest BCUT2D eigenvalue weighted by molar-refractivity contribution is -0.119. The second-order valence-corrected chi connectivity index (χ2v) is 6.90. The molecule has 0 fully saturated rings. The first-order valence-electron chi connectivity index (χ1n) is 8.16. The number of nitrogens with one attached hydrogen (secondary N) is 1. The van der Waals surface area contributed by atoms with Gasteiger partial charge in [0.25, 0.3) is 11.5 Å². The summed E-state index contributed by atoms with van der Waals surface area (Å²) in [5.41, 5.74) is 0.884. The molecule has 1 atom stereocenters. The molecule has 27 heavy (non-hydrogen) atoms. The van der Waals surface area contributed by atoms with Gasteiger partial charge in [-0.25, -0.2) is 4.98 Å². The van der Waals surface area contributed by atoms with Gasteiger partial charge in [0.2, 0.25) is 0 Å². The molecule has 0 saturated heterocycles. The van der Waals surface area contributed by atoms with Crippen molar-refractivity contribution in [2.24, 2.45) is 0 Å². The van der Waals surface area contributed by atoms with Crippen molar-refractivity contribution < 1.29 is 9.53 Å². The van der Waals surface area contributed by atoms with Gasteiger partial charge in [0.1, 0.15) is 17.3 Å². The van der Waals surface area contributed by atoms with Crippen molar-refractivity contribution in [3.05, 3.63) is 52.8 Å². The second-order valence-electron chi connectivity index (χ2n) is 5.87. The molecule has 136 valence electrons. The number of thiazole rings is 1. The molecule has 9 heteroatoms. The number of methoxy groups -OCH3 is 1. The first-order valence-corrected chi connectivity index (χ1v) is 8.98. The molecule has 0 unspecified atom stereocenters. The number of benzene rings is 2. The summed E-state index contributed by atoms with van der Waals surface area (Å²) in [6.45, 7) is 1.59. The summed E-state index contributed by atoms with van der Waals surface area (Å²) in [6.07, 6.45) is 0. The highest BCUT2D eigenvalue weighted by Gasteiger charge is 2.20. The maximum Gasteiger partial charge on any atom is 0.278 e. The van der Waals surface area contributed by atoms with Crippen LogP contribution in [0.1, 0.15) is 13.0 Å². The summed E-state index contributed by atoms with van der Waals surface area (Å²) in [4.78, 5) is 29.6. The zero-order chi connectivity index (χ0) is 19.0. The van der Waals surface area contributed by atoms with Crippen LogP contribution in [0, 0.1) is 0 Å². The molecule has 0 aliphatic heterocycles. The molecule has 1 amide bonds. The predicted molar refractivity (Wildman–Crippen MR) is 103 cm³/mol. The number of amides is 1. The lowest BCUT2D eigenvalue weighted by atomic mass is 10.2. The lowest BCUT2D eigenvalue weighted by Crippen LogP contribution is -2.34. The number of fused-ring (bicyclic) bond motifs is 2. The average molecular weight is 381 g/mol. The minimum atomic E-state index is -0.837. The topological polar surface area (TPSA) is 99.0 Å². The summed E-state index contributed by atoms with van der Waals surface area (Å²) >= 11 is 1.33. The number of nitrogens with zero attached hydrogens (tertiary/aromatic N) is 4. The van der Waals surface area contributed by atoms with Crippen molar-refractivity contribution in [1.82, 2.24) is 20.0 Å². The maximum absolute atomic E-state index is 12.6. The summed E-state index contributed by atoms with van der Waals surface area (Å²) in [6, 6.07) is 11.5. The Morgan fingerprint density at radius 3 is 2.85 bits per heavy atom. The van der Waals surface area contributed by atoms with Gasteiger partial charge >= 0.3 is 0 Å². The van der Waals surface area contributed by atoms with Gasteiger partial charge in [-0.1, -0.05) is 28.7 Å². The first kappa shape index (κ1) is 17.1. The van der Waals surface area contributed by atoms with Crippen molar-refractivity contribution in [1.29, 1.82) is 0 Å². The van der Waals surface area contributed by atoms with Gasteiger partial charge in [0, 0.05) is 0 Å². The van der Waals surface area contributed by atoms with E-state index >= 15 is 0 Å². The molecular formula is C18H15N5O3S. The van der Waals surface area contributed by atoms with Crippen LogP contribution in [0.2, 0.25) is 0 Å². The summed E-state index contributed by atoms with van der Waals surface area (Å²) < 4.78 is 7.16. The van der Waals surface area contributed by atoms with Crippen LogP contribution in [-0.2, 0) is 4.79 Å². The van der Waals surface area contributed by atoms with Crippen molar-refractivity contribution >= 4 is 43.5 Å². The third kappa shape index (κ3) is 3.13. The molecule has 0 bridgehead atoms. The molecule has 4 aromatic rings. The van der Waals surface area contributed by atoms with Crippen molar-refractivity contribution in [3.63, 3.8) is 0 Å². The number of rotatable bonds is 4. The Bertz CT molecular complexity index is 1220. The highest BCUT2D eigenvalue weighted by Crippen LogP contribution is 2.29. The highest BCUT2D eigenvalue weighted by molar-refractivity contribution is 7.22. The van der Waals surface area contributed by atoms with Crippen LogP contribution in [0.15, 0.2) is 47.3 Å². The molecule has 0 saturated carbocycles. The Hall–Kier alpha value is -3.33. The van der Waals surface area contributed by atoms with E-state index in [9.17, 15) is 9.59 Å². The zero-order valence-electron chi connectivity index (χ0n) is 14.5.